The number of carboxylic acid groups (broad SMARTS) is 1. The van der Waals surface area contributed by atoms with Gasteiger partial charge in [0.25, 0.3) is 5.97 Å². The lowest BCUT2D eigenvalue weighted by atomic mass is 9.80. The third kappa shape index (κ3) is 10.2. The number of carboxylic acids is 1. The van der Waals surface area contributed by atoms with Crippen molar-refractivity contribution >= 4 is 11.9 Å². The molecule has 2 aliphatic rings. The summed E-state index contributed by atoms with van der Waals surface area (Å²) >= 11 is 0. The third-order valence-electron chi connectivity index (χ3n) is 7.17. The predicted molar refractivity (Wildman–Crippen MR) is 145 cm³/mol. The second-order valence-corrected chi connectivity index (χ2v) is 11.1. The Hall–Kier alpha value is -2.32. The lowest BCUT2D eigenvalue weighted by molar-refractivity contribution is -0.134. The molecule has 1 unspecified atom stereocenters. The van der Waals surface area contributed by atoms with Gasteiger partial charge in [-0.1, -0.05) is 46.6 Å². The van der Waals surface area contributed by atoms with Gasteiger partial charge in [0.05, 0.1) is 6.54 Å². The number of unbranched alkanes of at least 4 members (excludes halogenated alkanes) is 1. The van der Waals surface area contributed by atoms with Gasteiger partial charge in [0.1, 0.15) is 0 Å². The van der Waals surface area contributed by atoms with Crippen LogP contribution < -0.4 is 9.47 Å². The molecule has 0 spiro atoms. The fraction of sp³-hybridized carbons (Fsp3) is 0.724. The number of hydrogen-bond acceptors (Lipinski definition) is 6. The summed E-state index contributed by atoms with van der Waals surface area (Å²) in [6.07, 6.45) is 7.24. The Kier molecular flexibility index (Phi) is 12.7. The minimum atomic E-state index is -0.833. The molecule has 37 heavy (non-hydrogen) atoms. The van der Waals surface area contributed by atoms with Crippen LogP contribution in [0.1, 0.15) is 91.0 Å². The zero-order valence-corrected chi connectivity index (χ0v) is 23.5. The summed E-state index contributed by atoms with van der Waals surface area (Å²) in [6.45, 7) is 13.4. The molecule has 2 N–H and O–H groups in total. The van der Waals surface area contributed by atoms with Crippen molar-refractivity contribution in [3.05, 3.63) is 23.8 Å². The molecule has 0 aliphatic carbocycles. The summed E-state index contributed by atoms with van der Waals surface area (Å²) in [5, 5.41) is 16.7. The molecular formula is C29H48N2O6. The van der Waals surface area contributed by atoms with Crippen molar-refractivity contribution in [3.63, 3.8) is 0 Å². The maximum atomic E-state index is 13.3. The standard InChI is InChI=1S/C27H44N2O4.C2H4O2/c1-5-7-12-28(13-8-14-30)26(31)19-29-18-22(15-23(29)17-27(3,4)11-6-2)21-9-10-24-25(16-21)33-20-32-24;1-2(3)4/h9-10,16,22-23,30H,5-8,11-15,17-20H2,1-4H3;1H3,(H,3,4)/t22?,23-;/m1./s1. The first-order valence-corrected chi connectivity index (χ1v) is 13.8. The van der Waals surface area contributed by atoms with Crippen LogP contribution in [-0.4, -0.2) is 77.5 Å². The van der Waals surface area contributed by atoms with Gasteiger partial charge in [-0.15, -0.1) is 0 Å². The van der Waals surface area contributed by atoms with Crippen LogP contribution in [0.5, 0.6) is 11.5 Å². The van der Waals surface area contributed by atoms with E-state index in [1.807, 2.05) is 11.0 Å². The van der Waals surface area contributed by atoms with Gasteiger partial charge in [0.2, 0.25) is 12.7 Å². The number of carbonyl (C=O) groups excluding carboxylic acids is 1. The zero-order valence-electron chi connectivity index (χ0n) is 23.5. The van der Waals surface area contributed by atoms with Crippen LogP contribution in [-0.2, 0) is 9.59 Å². The van der Waals surface area contributed by atoms with Gasteiger partial charge in [0, 0.05) is 39.2 Å². The molecule has 210 valence electrons. The normalized spacial score (nSPS) is 18.9. The summed E-state index contributed by atoms with van der Waals surface area (Å²) in [5.41, 5.74) is 1.53. The smallest absolute Gasteiger partial charge is 0.300 e. The number of likely N-dealkylation sites (tertiary alicyclic amines) is 1. The molecule has 0 saturated carbocycles. The van der Waals surface area contributed by atoms with Gasteiger partial charge >= 0.3 is 0 Å². The molecule has 2 atom stereocenters. The highest BCUT2D eigenvalue weighted by Gasteiger charge is 2.38. The van der Waals surface area contributed by atoms with Crippen molar-refractivity contribution in [2.45, 2.75) is 91.5 Å². The van der Waals surface area contributed by atoms with E-state index in [9.17, 15) is 9.90 Å². The van der Waals surface area contributed by atoms with Gasteiger partial charge < -0.3 is 24.6 Å². The van der Waals surface area contributed by atoms with Crippen molar-refractivity contribution in [1.82, 2.24) is 9.80 Å². The van der Waals surface area contributed by atoms with E-state index >= 15 is 0 Å². The number of rotatable bonds is 13. The van der Waals surface area contributed by atoms with E-state index in [4.69, 9.17) is 19.4 Å². The molecule has 1 aromatic carbocycles. The monoisotopic (exact) mass is 520 g/mol. The minimum Gasteiger partial charge on any atom is -0.481 e. The zero-order chi connectivity index (χ0) is 27.4. The van der Waals surface area contributed by atoms with E-state index in [1.54, 1.807) is 0 Å². The molecule has 2 aliphatic heterocycles. The van der Waals surface area contributed by atoms with E-state index in [1.165, 1.54) is 18.4 Å². The number of aliphatic hydroxyl groups excluding tert-OH is 1. The van der Waals surface area contributed by atoms with Crippen LogP contribution in [0.3, 0.4) is 0 Å². The first kappa shape index (κ1) is 30.9. The maximum absolute atomic E-state index is 13.3. The molecule has 0 radical (unpaired) electrons. The molecule has 1 saturated heterocycles. The lowest BCUT2D eigenvalue weighted by Gasteiger charge is -2.33. The van der Waals surface area contributed by atoms with E-state index in [2.05, 4.69) is 44.7 Å². The number of hydrogen-bond donors (Lipinski definition) is 2. The fourth-order valence-electron chi connectivity index (χ4n) is 5.46. The highest BCUT2D eigenvalue weighted by Crippen LogP contribution is 2.42. The Morgan fingerprint density at radius 1 is 1.11 bits per heavy atom. The maximum Gasteiger partial charge on any atom is 0.300 e. The van der Waals surface area contributed by atoms with Crippen LogP contribution in [0.4, 0.5) is 0 Å². The molecule has 1 aromatic rings. The van der Waals surface area contributed by atoms with Crippen LogP contribution in [0.15, 0.2) is 18.2 Å². The van der Waals surface area contributed by atoms with Crippen LogP contribution in [0.25, 0.3) is 0 Å². The predicted octanol–water partition coefficient (Wildman–Crippen LogP) is 4.89. The number of ether oxygens (including phenoxy) is 2. The summed E-state index contributed by atoms with van der Waals surface area (Å²) in [7, 11) is 0. The van der Waals surface area contributed by atoms with Gasteiger partial charge in [0.15, 0.2) is 11.5 Å². The molecular weight excluding hydrogens is 472 g/mol. The van der Waals surface area contributed by atoms with E-state index in [0.29, 0.717) is 38.3 Å². The number of benzene rings is 1. The summed E-state index contributed by atoms with van der Waals surface area (Å²) in [5.74, 6) is 1.40. The largest absolute Gasteiger partial charge is 0.481 e. The minimum absolute atomic E-state index is 0.125. The molecule has 8 nitrogen and oxygen atoms in total. The van der Waals surface area contributed by atoms with Crippen molar-refractivity contribution in [1.29, 1.82) is 0 Å². The SMILES string of the molecule is CC(=O)O.CCCCN(CCCO)C(=O)CN1CC(c2ccc3c(c2)OCO3)C[C@@H]1CC(C)(C)CCC. The summed E-state index contributed by atoms with van der Waals surface area (Å²) < 4.78 is 11.1. The van der Waals surface area contributed by atoms with Crippen LogP contribution >= 0.6 is 0 Å². The molecule has 0 aromatic heterocycles. The van der Waals surface area contributed by atoms with Gasteiger partial charge in [-0.25, -0.2) is 0 Å². The Morgan fingerprint density at radius 3 is 2.43 bits per heavy atom. The van der Waals surface area contributed by atoms with E-state index in [0.717, 1.165) is 57.2 Å². The fourth-order valence-corrected chi connectivity index (χ4v) is 5.46. The Bertz CT molecular complexity index is 847. The van der Waals surface area contributed by atoms with E-state index in [-0.39, 0.29) is 17.9 Å². The Labute approximate surface area is 222 Å². The quantitative estimate of drug-likeness (QED) is 0.382. The molecule has 8 heteroatoms. The lowest BCUT2D eigenvalue weighted by Crippen LogP contribution is -2.44. The van der Waals surface area contributed by atoms with E-state index < -0.39 is 5.97 Å². The van der Waals surface area contributed by atoms with Crippen molar-refractivity contribution in [2.75, 3.05) is 39.6 Å². The Balaban J connectivity index is 0.00000112. The average molecular weight is 521 g/mol. The highest BCUT2D eigenvalue weighted by molar-refractivity contribution is 5.78. The average Bonchev–Trinajstić information content (AvgIpc) is 3.45. The van der Waals surface area contributed by atoms with Crippen molar-refractivity contribution < 1.29 is 29.3 Å². The number of nitrogens with zero attached hydrogens (tertiary/aromatic N) is 2. The third-order valence-corrected chi connectivity index (χ3v) is 7.17. The van der Waals surface area contributed by atoms with Gasteiger partial charge in [-0.3, -0.25) is 14.5 Å². The number of aliphatic carboxylic acids is 1. The van der Waals surface area contributed by atoms with Crippen molar-refractivity contribution in [3.8, 4) is 11.5 Å². The van der Waals surface area contributed by atoms with Gasteiger partial charge in [-0.2, -0.15) is 0 Å². The molecule has 1 amide bonds. The number of carbonyl (C=O) groups is 2. The first-order chi connectivity index (χ1) is 17.6. The number of aliphatic hydroxyl groups is 1. The first-order valence-electron chi connectivity index (χ1n) is 13.8. The highest BCUT2D eigenvalue weighted by atomic mass is 16.7. The summed E-state index contributed by atoms with van der Waals surface area (Å²) in [4.78, 5) is 26.7. The molecule has 3 rings (SSSR count). The molecule has 0 bridgehead atoms. The van der Waals surface area contributed by atoms with Gasteiger partial charge in [-0.05, 0) is 61.1 Å². The second kappa shape index (κ2) is 15.2. The number of fused-ring (bicyclic) bond motifs is 1. The van der Waals surface area contributed by atoms with Crippen LogP contribution in [0.2, 0.25) is 0 Å². The Morgan fingerprint density at radius 2 is 1.78 bits per heavy atom. The molecule has 1 fully saturated rings. The molecule has 2 heterocycles. The van der Waals surface area contributed by atoms with Crippen molar-refractivity contribution in [2.24, 2.45) is 5.41 Å². The number of amides is 1. The topological polar surface area (TPSA) is 99.5 Å². The second-order valence-electron chi connectivity index (χ2n) is 11.1. The summed E-state index contributed by atoms with van der Waals surface area (Å²) in [6, 6.07) is 6.69. The van der Waals surface area contributed by atoms with Crippen LogP contribution in [0, 0.1) is 5.41 Å².